The molecule has 1 saturated heterocycles. The smallest absolute Gasteiger partial charge is 0.238 e. The van der Waals surface area contributed by atoms with E-state index in [9.17, 15) is 4.79 Å². The number of nitrogens with one attached hydrogen (secondary N) is 1. The van der Waals surface area contributed by atoms with E-state index in [0.29, 0.717) is 6.54 Å². The highest BCUT2D eigenvalue weighted by molar-refractivity contribution is 5.92. The lowest BCUT2D eigenvalue weighted by Gasteiger charge is -2.34. The molecule has 1 aromatic carbocycles. The van der Waals surface area contributed by atoms with Crippen molar-refractivity contribution in [3.63, 3.8) is 0 Å². The lowest BCUT2D eigenvalue weighted by atomic mass is 10.1. The summed E-state index contributed by atoms with van der Waals surface area (Å²) in [6.07, 6.45) is 7.01. The first-order valence-corrected chi connectivity index (χ1v) is 9.37. The summed E-state index contributed by atoms with van der Waals surface area (Å²) in [5, 5.41) is 3.00. The number of hydrogen-bond donors (Lipinski definition) is 1. The standard InChI is InChI=1S/C20H27N5O/c1-2-3-5-17-6-8-18(9-7-17)23-19(26)16-24-12-14-25(15-13-24)20-21-10-4-11-22-20/h4,6-11H,2-3,5,12-16H2,1H3,(H,23,26). The summed E-state index contributed by atoms with van der Waals surface area (Å²) in [5.74, 6) is 0.801. The molecule has 26 heavy (non-hydrogen) atoms. The van der Waals surface area contributed by atoms with Crippen LogP contribution in [0.5, 0.6) is 0 Å². The van der Waals surface area contributed by atoms with Crippen molar-refractivity contribution >= 4 is 17.5 Å². The molecule has 0 atom stereocenters. The zero-order valence-electron chi connectivity index (χ0n) is 15.4. The van der Waals surface area contributed by atoms with Crippen molar-refractivity contribution in [2.75, 3.05) is 42.9 Å². The van der Waals surface area contributed by atoms with Crippen molar-refractivity contribution < 1.29 is 4.79 Å². The molecule has 1 amide bonds. The first-order chi connectivity index (χ1) is 12.7. The molecule has 6 heteroatoms. The van der Waals surface area contributed by atoms with Crippen molar-refractivity contribution in [1.29, 1.82) is 0 Å². The highest BCUT2D eigenvalue weighted by atomic mass is 16.2. The van der Waals surface area contributed by atoms with Crippen molar-refractivity contribution in [2.45, 2.75) is 26.2 Å². The molecule has 0 bridgehead atoms. The fraction of sp³-hybridized carbons (Fsp3) is 0.450. The highest BCUT2D eigenvalue weighted by Crippen LogP contribution is 2.13. The third kappa shape index (κ3) is 5.26. The lowest BCUT2D eigenvalue weighted by molar-refractivity contribution is -0.117. The van der Waals surface area contributed by atoms with Crippen molar-refractivity contribution in [3.8, 4) is 0 Å². The molecule has 1 aromatic heterocycles. The summed E-state index contributed by atoms with van der Waals surface area (Å²) in [5.41, 5.74) is 2.19. The topological polar surface area (TPSA) is 61.4 Å². The minimum absolute atomic E-state index is 0.0377. The predicted octanol–water partition coefficient (Wildman–Crippen LogP) is 2.58. The van der Waals surface area contributed by atoms with Gasteiger partial charge in [-0.2, -0.15) is 0 Å². The van der Waals surface area contributed by atoms with Crippen LogP contribution in [0.15, 0.2) is 42.7 Å². The van der Waals surface area contributed by atoms with Crippen molar-refractivity contribution in [2.24, 2.45) is 0 Å². The maximum atomic E-state index is 12.3. The van der Waals surface area contributed by atoms with Crippen LogP contribution in [0, 0.1) is 0 Å². The van der Waals surface area contributed by atoms with Crippen LogP contribution in [0.1, 0.15) is 25.3 Å². The number of hydrogen-bond acceptors (Lipinski definition) is 5. The third-order valence-electron chi connectivity index (χ3n) is 4.63. The average molecular weight is 353 g/mol. The second-order valence-corrected chi connectivity index (χ2v) is 6.66. The van der Waals surface area contributed by atoms with Gasteiger partial charge in [0.2, 0.25) is 11.9 Å². The number of anilines is 2. The van der Waals surface area contributed by atoms with Crippen molar-refractivity contribution in [3.05, 3.63) is 48.3 Å². The normalized spacial score (nSPS) is 15.0. The number of carbonyl (C=O) groups is 1. The first kappa shape index (κ1) is 18.3. The quantitative estimate of drug-likeness (QED) is 0.829. The number of aryl methyl sites for hydroxylation is 1. The van der Waals surface area contributed by atoms with Gasteiger partial charge in [-0.1, -0.05) is 25.5 Å². The van der Waals surface area contributed by atoms with E-state index in [-0.39, 0.29) is 5.91 Å². The number of carbonyl (C=O) groups excluding carboxylic acids is 1. The van der Waals surface area contributed by atoms with Gasteiger partial charge in [-0.05, 0) is 36.6 Å². The first-order valence-electron chi connectivity index (χ1n) is 9.37. The van der Waals surface area contributed by atoms with Crippen LogP contribution in [-0.2, 0) is 11.2 Å². The maximum absolute atomic E-state index is 12.3. The van der Waals surface area contributed by atoms with Gasteiger partial charge in [0.25, 0.3) is 0 Å². The van der Waals surface area contributed by atoms with Crippen LogP contribution in [0.2, 0.25) is 0 Å². The number of amides is 1. The van der Waals surface area contributed by atoms with Gasteiger partial charge in [0, 0.05) is 44.3 Å². The van der Waals surface area contributed by atoms with Crippen LogP contribution in [0.25, 0.3) is 0 Å². The molecule has 1 N–H and O–H groups in total. The highest BCUT2D eigenvalue weighted by Gasteiger charge is 2.20. The van der Waals surface area contributed by atoms with E-state index >= 15 is 0 Å². The van der Waals surface area contributed by atoms with Gasteiger partial charge in [0.05, 0.1) is 6.54 Å². The summed E-state index contributed by atoms with van der Waals surface area (Å²) in [7, 11) is 0. The maximum Gasteiger partial charge on any atom is 0.238 e. The summed E-state index contributed by atoms with van der Waals surface area (Å²) >= 11 is 0. The SMILES string of the molecule is CCCCc1ccc(NC(=O)CN2CCN(c3ncccn3)CC2)cc1. The van der Waals surface area contributed by atoms with Gasteiger partial charge in [0.1, 0.15) is 0 Å². The van der Waals surface area contributed by atoms with E-state index in [1.165, 1.54) is 18.4 Å². The number of nitrogens with zero attached hydrogens (tertiary/aromatic N) is 4. The Labute approximate surface area is 155 Å². The number of aromatic nitrogens is 2. The molecular weight excluding hydrogens is 326 g/mol. The van der Waals surface area contributed by atoms with Crippen LogP contribution in [-0.4, -0.2) is 53.5 Å². The van der Waals surface area contributed by atoms with E-state index in [0.717, 1.165) is 44.2 Å². The van der Waals surface area contributed by atoms with Crippen LogP contribution >= 0.6 is 0 Å². The molecule has 138 valence electrons. The largest absolute Gasteiger partial charge is 0.338 e. The number of rotatable bonds is 7. The molecule has 0 spiro atoms. The number of benzene rings is 1. The minimum atomic E-state index is 0.0377. The van der Waals surface area contributed by atoms with Gasteiger partial charge in [-0.15, -0.1) is 0 Å². The summed E-state index contributed by atoms with van der Waals surface area (Å²) in [4.78, 5) is 25.2. The molecule has 1 fully saturated rings. The predicted molar refractivity (Wildman–Crippen MR) is 104 cm³/mol. The van der Waals surface area contributed by atoms with Crippen LogP contribution in [0.4, 0.5) is 11.6 Å². The molecule has 0 aliphatic carbocycles. The number of unbranched alkanes of at least 4 members (excludes halogenated alkanes) is 1. The Bertz CT molecular complexity index is 681. The lowest BCUT2D eigenvalue weighted by Crippen LogP contribution is -2.49. The van der Waals surface area contributed by atoms with Gasteiger partial charge in [-0.3, -0.25) is 9.69 Å². The minimum Gasteiger partial charge on any atom is -0.338 e. The third-order valence-corrected chi connectivity index (χ3v) is 4.63. The van der Waals surface area contributed by atoms with Gasteiger partial charge in [-0.25, -0.2) is 9.97 Å². The Morgan fingerprint density at radius 1 is 1.08 bits per heavy atom. The Hall–Kier alpha value is -2.47. The van der Waals surface area contributed by atoms with Gasteiger partial charge in [0.15, 0.2) is 0 Å². The molecule has 2 aromatic rings. The molecule has 6 nitrogen and oxygen atoms in total. The Balaban J connectivity index is 1.43. The molecule has 1 aliphatic heterocycles. The Kier molecular flexibility index (Phi) is 6.55. The molecule has 3 rings (SSSR count). The molecular formula is C20H27N5O. The van der Waals surface area contributed by atoms with E-state index in [2.05, 4.69) is 44.1 Å². The summed E-state index contributed by atoms with van der Waals surface area (Å²) < 4.78 is 0. The summed E-state index contributed by atoms with van der Waals surface area (Å²) in [6.45, 7) is 5.96. The number of piperazine rings is 1. The zero-order chi connectivity index (χ0) is 18.2. The van der Waals surface area contributed by atoms with E-state index in [1.54, 1.807) is 12.4 Å². The fourth-order valence-electron chi connectivity index (χ4n) is 3.10. The molecule has 0 unspecified atom stereocenters. The molecule has 1 aliphatic rings. The fourth-order valence-corrected chi connectivity index (χ4v) is 3.10. The van der Waals surface area contributed by atoms with Gasteiger partial charge < -0.3 is 10.2 Å². The molecule has 0 saturated carbocycles. The van der Waals surface area contributed by atoms with Gasteiger partial charge >= 0.3 is 0 Å². The van der Waals surface area contributed by atoms with E-state index in [4.69, 9.17) is 0 Å². The summed E-state index contributed by atoms with van der Waals surface area (Å²) in [6, 6.07) is 10.0. The zero-order valence-corrected chi connectivity index (χ0v) is 15.4. The van der Waals surface area contributed by atoms with E-state index in [1.807, 2.05) is 18.2 Å². The second kappa shape index (κ2) is 9.29. The average Bonchev–Trinajstić information content (AvgIpc) is 2.69. The van der Waals surface area contributed by atoms with E-state index < -0.39 is 0 Å². The van der Waals surface area contributed by atoms with Crippen LogP contribution < -0.4 is 10.2 Å². The van der Waals surface area contributed by atoms with Crippen LogP contribution in [0.3, 0.4) is 0 Å². The van der Waals surface area contributed by atoms with Crippen molar-refractivity contribution in [1.82, 2.24) is 14.9 Å². The Morgan fingerprint density at radius 3 is 2.42 bits per heavy atom. The monoisotopic (exact) mass is 353 g/mol. The molecule has 0 radical (unpaired) electrons. The second-order valence-electron chi connectivity index (χ2n) is 6.66. The Morgan fingerprint density at radius 2 is 1.77 bits per heavy atom. The molecule has 2 heterocycles.